The van der Waals surface area contributed by atoms with Gasteiger partial charge in [-0.2, -0.15) is 0 Å². The molecule has 0 aromatic heterocycles. The molecule has 1 fully saturated rings. The Morgan fingerprint density at radius 3 is 2.58 bits per heavy atom. The quantitative estimate of drug-likeness (QED) is 0.496. The molecule has 1 rings (SSSR count). The Morgan fingerprint density at radius 1 is 1.67 bits per heavy atom. The van der Waals surface area contributed by atoms with Crippen molar-refractivity contribution in [1.82, 2.24) is 0 Å². The van der Waals surface area contributed by atoms with Crippen molar-refractivity contribution < 1.29 is 58.3 Å². The molecule has 0 bridgehead atoms. The average molecular weight is 352 g/mol. The Balaban J connectivity index is 0. The minimum atomic E-state index is -1.16. The summed E-state index contributed by atoms with van der Waals surface area (Å²) >= 11 is 0. The molecule has 2 atom stereocenters. The fourth-order valence-corrected chi connectivity index (χ4v) is 0.682. The average Bonchev–Trinajstić information content (AvgIpc) is 2.34. The maximum Gasteiger partial charge on any atom is 0.290 e. The van der Waals surface area contributed by atoms with E-state index < -0.39 is 18.4 Å². The van der Waals surface area contributed by atoms with Gasteiger partial charge in [0.2, 0.25) is 0 Å². The van der Waals surface area contributed by atoms with Gasteiger partial charge in [-0.15, -0.1) is 0 Å². The maximum atomic E-state index is 10.7. The molecule has 2 radical (unpaired) electrons. The topological polar surface area (TPSA) is 69.9 Å². The van der Waals surface area contributed by atoms with Gasteiger partial charge in [0.05, 0.1) is 13.5 Å². The molecule has 0 amide bonds. The van der Waals surface area contributed by atoms with Gasteiger partial charge in [0.1, 0.15) is 0 Å². The molecule has 0 aromatic rings. The van der Waals surface area contributed by atoms with Crippen molar-refractivity contribution in [2.45, 2.75) is 12.5 Å². The molecular weight excluding hydrogens is 344 g/mol. The van der Waals surface area contributed by atoms with E-state index >= 15 is 0 Å². The van der Waals surface area contributed by atoms with E-state index in [9.17, 15) is 4.79 Å². The number of aliphatic hydroxyl groups excluding tert-OH is 1. The monoisotopic (exact) mass is 352 g/mol. The molecule has 1 N–H and O–H groups in total. The number of carbonyl (C=O) groups is 1. The van der Waals surface area contributed by atoms with Gasteiger partial charge in [0.15, 0.2) is 0 Å². The third-order valence-corrected chi connectivity index (χ3v) is 1.18. The molecule has 0 spiro atoms. The van der Waals surface area contributed by atoms with Crippen LogP contribution in [0.1, 0.15) is 0 Å². The molecule has 0 aliphatic carbocycles. The van der Waals surface area contributed by atoms with Gasteiger partial charge >= 0.3 is 0 Å². The standard InChI is InChI=1S/C5H8NO4.2Rh/c1-9-4(7)3-2-10-5(8)6-3;;/h3,5,8H,2H2,1H3;;/q-1;;/t3-,5?;;/m0../s1. The molecule has 7 heteroatoms. The Hall–Kier alpha value is 0.597. The fraction of sp³-hybridized carbons (Fsp3) is 0.800. The molecular formula is C5H8NO4Rh2-. The van der Waals surface area contributed by atoms with Crippen LogP contribution >= 0.6 is 0 Å². The predicted octanol–water partition coefficient (Wildman–Crippen LogP) is -0.797. The normalized spacial score (nSPS) is 26.8. The number of ether oxygens (including phenoxy) is 2. The number of hydrogen-bond donors (Lipinski definition) is 1. The third kappa shape index (κ3) is 4.01. The van der Waals surface area contributed by atoms with E-state index in [1.807, 2.05) is 0 Å². The van der Waals surface area contributed by atoms with Crippen LogP contribution in [0.15, 0.2) is 0 Å². The molecule has 1 saturated heterocycles. The summed E-state index contributed by atoms with van der Waals surface area (Å²) in [5, 5.41) is 12.2. The van der Waals surface area contributed by atoms with Crippen LogP contribution in [-0.2, 0) is 53.2 Å². The first kappa shape index (κ1) is 15.1. The molecule has 76 valence electrons. The molecule has 0 saturated carbocycles. The van der Waals surface area contributed by atoms with Crippen molar-refractivity contribution >= 4 is 5.97 Å². The SMILES string of the molecule is COC(=O)[C@@H]1COC(O)[N-]1.[Rh].[Rh]. The first-order valence-corrected chi connectivity index (χ1v) is 2.81. The summed E-state index contributed by atoms with van der Waals surface area (Å²) in [6.07, 6.45) is -1.16. The van der Waals surface area contributed by atoms with E-state index in [4.69, 9.17) is 5.11 Å². The van der Waals surface area contributed by atoms with E-state index in [2.05, 4.69) is 14.8 Å². The summed E-state index contributed by atoms with van der Waals surface area (Å²) in [5.41, 5.74) is 0. The van der Waals surface area contributed by atoms with Crippen molar-refractivity contribution in [2.24, 2.45) is 0 Å². The van der Waals surface area contributed by atoms with E-state index in [1.54, 1.807) is 0 Å². The summed E-state index contributed by atoms with van der Waals surface area (Å²) in [6, 6.07) is -0.653. The second-order valence-corrected chi connectivity index (χ2v) is 1.85. The zero-order valence-corrected chi connectivity index (χ0v) is 9.43. The number of methoxy groups -OCH3 is 1. The zero-order chi connectivity index (χ0) is 7.56. The van der Waals surface area contributed by atoms with Gasteiger partial charge in [-0.3, -0.25) is 4.79 Å². The van der Waals surface area contributed by atoms with Crippen LogP contribution in [0.25, 0.3) is 5.32 Å². The number of rotatable bonds is 1. The van der Waals surface area contributed by atoms with Crippen LogP contribution in [0.3, 0.4) is 0 Å². The maximum absolute atomic E-state index is 10.7. The van der Waals surface area contributed by atoms with Crippen LogP contribution in [0, 0.1) is 0 Å². The molecule has 1 unspecified atom stereocenters. The van der Waals surface area contributed by atoms with Crippen LogP contribution in [0.4, 0.5) is 0 Å². The van der Waals surface area contributed by atoms with Crippen molar-refractivity contribution in [3.8, 4) is 0 Å². The Labute approximate surface area is 95.7 Å². The second kappa shape index (κ2) is 7.04. The first-order chi connectivity index (χ1) is 4.74. The molecule has 12 heavy (non-hydrogen) atoms. The van der Waals surface area contributed by atoms with Crippen molar-refractivity contribution in [2.75, 3.05) is 13.7 Å². The summed E-state index contributed by atoms with van der Waals surface area (Å²) in [7, 11) is 1.27. The van der Waals surface area contributed by atoms with Gasteiger partial charge in [0, 0.05) is 45.6 Å². The molecule has 1 heterocycles. The van der Waals surface area contributed by atoms with Crippen molar-refractivity contribution in [1.29, 1.82) is 0 Å². The van der Waals surface area contributed by atoms with Gasteiger partial charge in [-0.25, -0.2) is 0 Å². The summed E-state index contributed by atoms with van der Waals surface area (Å²) < 4.78 is 8.94. The van der Waals surface area contributed by atoms with E-state index in [0.717, 1.165) is 0 Å². The first-order valence-electron chi connectivity index (χ1n) is 2.81. The van der Waals surface area contributed by atoms with Crippen molar-refractivity contribution in [3.05, 3.63) is 5.32 Å². The molecule has 1 aliphatic rings. The molecule has 1 aliphatic heterocycles. The van der Waals surface area contributed by atoms with E-state index in [1.165, 1.54) is 7.11 Å². The Morgan fingerprint density at radius 2 is 2.25 bits per heavy atom. The smallest absolute Gasteiger partial charge is 0.290 e. The van der Waals surface area contributed by atoms with Gasteiger partial charge in [-0.1, -0.05) is 0 Å². The Kier molecular flexibility index (Phi) is 8.86. The van der Waals surface area contributed by atoms with E-state index in [-0.39, 0.29) is 45.6 Å². The summed E-state index contributed by atoms with van der Waals surface area (Å²) in [5.74, 6) is -0.475. The number of nitrogens with zero attached hydrogens (tertiary/aromatic N) is 1. The number of aliphatic hydroxyl groups is 1. The van der Waals surface area contributed by atoms with Crippen LogP contribution < -0.4 is 0 Å². The fourth-order valence-electron chi connectivity index (χ4n) is 0.682. The third-order valence-electron chi connectivity index (χ3n) is 1.18. The van der Waals surface area contributed by atoms with Crippen LogP contribution in [0.5, 0.6) is 0 Å². The number of carbonyl (C=O) groups excluding carboxylic acids is 1. The second-order valence-electron chi connectivity index (χ2n) is 1.85. The number of hydrogen-bond acceptors (Lipinski definition) is 4. The van der Waals surface area contributed by atoms with E-state index in [0.29, 0.717) is 0 Å². The van der Waals surface area contributed by atoms with Crippen LogP contribution in [0.2, 0.25) is 0 Å². The Bertz CT molecular complexity index is 145. The summed E-state index contributed by atoms with van der Waals surface area (Å²) in [4.78, 5) is 10.7. The molecule has 0 aromatic carbocycles. The molecule has 5 nitrogen and oxygen atoms in total. The minimum absolute atomic E-state index is 0. The minimum Gasteiger partial charge on any atom is -0.599 e. The van der Waals surface area contributed by atoms with Crippen LogP contribution in [-0.4, -0.2) is 37.2 Å². The summed E-state index contributed by atoms with van der Waals surface area (Å²) in [6.45, 7) is 0.105. The van der Waals surface area contributed by atoms with Gasteiger partial charge < -0.3 is 19.9 Å². The largest absolute Gasteiger partial charge is 0.599 e. The van der Waals surface area contributed by atoms with Gasteiger partial charge in [0.25, 0.3) is 5.97 Å². The predicted molar refractivity (Wildman–Crippen MR) is 31.1 cm³/mol. The van der Waals surface area contributed by atoms with Gasteiger partial charge in [-0.05, 0) is 6.04 Å². The van der Waals surface area contributed by atoms with Crippen molar-refractivity contribution in [3.63, 3.8) is 0 Å². The zero-order valence-electron chi connectivity index (χ0n) is 6.15. The number of esters is 1.